The number of fused-ring (bicyclic) bond motifs is 6. The van der Waals surface area contributed by atoms with Gasteiger partial charge in [0.25, 0.3) is 0 Å². The predicted molar refractivity (Wildman–Crippen MR) is 291 cm³/mol. The van der Waals surface area contributed by atoms with E-state index in [1.54, 1.807) is 118 Å². The maximum Gasteiger partial charge on any atom is 0.420 e. The van der Waals surface area contributed by atoms with Gasteiger partial charge in [0.2, 0.25) is 0 Å². The molecule has 0 bridgehead atoms. The van der Waals surface area contributed by atoms with E-state index in [0.29, 0.717) is 82.6 Å². The van der Waals surface area contributed by atoms with Gasteiger partial charge in [-0.25, -0.2) is 0 Å². The minimum absolute atomic E-state index is 0.161. The first-order valence-electron chi connectivity index (χ1n) is 24.0. The van der Waals surface area contributed by atoms with E-state index in [4.69, 9.17) is 0 Å². The molecule has 10 heteroatoms. The van der Waals surface area contributed by atoms with Crippen molar-refractivity contribution in [3.05, 3.63) is 240 Å². The summed E-state index contributed by atoms with van der Waals surface area (Å²) in [7, 11) is 0. The molecule has 0 aliphatic carbocycles. The second kappa shape index (κ2) is 18.3. The highest BCUT2D eigenvalue weighted by molar-refractivity contribution is 6.14. The van der Waals surface area contributed by atoms with Crippen LogP contribution in [0.25, 0.3) is 111 Å². The van der Waals surface area contributed by atoms with E-state index >= 15 is 13.2 Å². The molecule has 2 aromatic heterocycles. The molecule has 0 fully saturated rings. The van der Waals surface area contributed by atoms with Gasteiger partial charge < -0.3 is 9.13 Å². The molecule has 0 atom stereocenters. The van der Waals surface area contributed by atoms with Gasteiger partial charge in [0.05, 0.1) is 91.6 Å². The van der Waals surface area contributed by atoms with Gasteiger partial charge in [-0.15, -0.1) is 0 Å². The van der Waals surface area contributed by atoms with Crippen LogP contribution in [0.4, 0.5) is 13.2 Å². The van der Waals surface area contributed by atoms with Crippen molar-refractivity contribution in [3.63, 3.8) is 0 Å². The molecule has 0 N–H and O–H groups in total. The quantitative estimate of drug-likeness (QED) is 0.157. The van der Waals surface area contributed by atoms with Crippen LogP contribution in [0.15, 0.2) is 206 Å². The van der Waals surface area contributed by atoms with Gasteiger partial charge in [-0.1, -0.05) is 84.9 Å². The Balaban J connectivity index is 1.21. The third-order valence-electron chi connectivity index (χ3n) is 14.0. The van der Waals surface area contributed by atoms with Crippen LogP contribution in [0.1, 0.15) is 33.4 Å². The summed E-state index contributed by atoms with van der Waals surface area (Å²) >= 11 is 0. The summed E-state index contributed by atoms with van der Waals surface area (Å²) in [6, 6.07) is 72.0. The predicted octanol–water partition coefficient (Wildman–Crippen LogP) is 16.6. The Hall–Kier alpha value is -11.0. The van der Waals surface area contributed by atoms with E-state index in [1.807, 2.05) is 97.1 Å². The fraction of sp³-hybridized carbons (Fsp3) is 0.0152. The number of nitriles is 5. The Kier molecular flexibility index (Phi) is 11.1. The lowest BCUT2D eigenvalue weighted by molar-refractivity contribution is -0.137. The van der Waals surface area contributed by atoms with E-state index in [9.17, 15) is 26.3 Å². The van der Waals surface area contributed by atoms with Gasteiger partial charge in [0.1, 0.15) is 5.56 Å². The molecule has 0 spiro atoms. The maximum atomic E-state index is 17.0. The second-order valence-electron chi connectivity index (χ2n) is 18.4. The van der Waals surface area contributed by atoms with Gasteiger partial charge in [0.15, 0.2) is 0 Å². The number of aromatic nitrogens is 2. The number of hydrogen-bond donors (Lipinski definition) is 0. The Morgan fingerprint density at radius 2 is 0.513 bits per heavy atom. The van der Waals surface area contributed by atoms with Gasteiger partial charge >= 0.3 is 6.18 Å². The molecule has 2 heterocycles. The maximum absolute atomic E-state index is 17.0. The Bertz CT molecular complexity index is 4170. The molecule has 0 saturated carbocycles. The molecule has 7 nitrogen and oxygen atoms in total. The molecular formula is C66H34F3N7. The van der Waals surface area contributed by atoms with Crippen molar-refractivity contribution in [3.8, 4) is 97.4 Å². The van der Waals surface area contributed by atoms with Crippen LogP contribution in [-0.2, 0) is 6.18 Å². The normalized spacial score (nSPS) is 11.3. The van der Waals surface area contributed by atoms with Crippen molar-refractivity contribution in [1.29, 1.82) is 26.3 Å². The van der Waals surface area contributed by atoms with Crippen LogP contribution >= 0.6 is 0 Å². The summed E-state index contributed by atoms with van der Waals surface area (Å²) < 4.78 is 54.3. The SMILES string of the molecule is N#Cc1cccc(-c2cc(-n3c4ccc(-c5cccc(C#N)c5)cc4c4cc(-c5cccc(C#N)c5)ccc43)c(C(F)(F)F)c(-n3c4ccc(-c5cccc(C#N)c5)cc4c4cc(-c5cccc(C#N)c5)ccc43)c2)c1. The Morgan fingerprint density at radius 1 is 0.276 bits per heavy atom. The molecule has 0 aliphatic heterocycles. The largest absolute Gasteiger partial charge is 0.420 e. The highest BCUT2D eigenvalue weighted by Crippen LogP contribution is 2.48. The third kappa shape index (κ3) is 7.92. The van der Waals surface area contributed by atoms with E-state index in [2.05, 4.69) is 30.3 Å². The third-order valence-corrected chi connectivity index (χ3v) is 14.0. The highest BCUT2D eigenvalue weighted by Gasteiger charge is 2.40. The highest BCUT2D eigenvalue weighted by atomic mass is 19.4. The van der Waals surface area contributed by atoms with E-state index in [-0.39, 0.29) is 11.4 Å². The van der Waals surface area contributed by atoms with Gasteiger partial charge in [-0.2, -0.15) is 39.5 Å². The van der Waals surface area contributed by atoms with Crippen LogP contribution in [0.5, 0.6) is 0 Å². The molecular weight excluding hydrogens is 948 g/mol. The van der Waals surface area contributed by atoms with Gasteiger partial charge in [0, 0.05) is 21.5 Å². The van der Waals surface area contributed by atoms with E-state index in [0.717, 1.165) is 44.5 Å². The summed E-state index contributed by atoms with van der Waals surface area (Å²) in [6.45, 7) is 0. The minimum atomic E-state index is -4.98. The zero-order chi connectivity index (χ0) is 52.2. The molecule has 12 aromatic rings. The fourth-order valence-corrected chi connectivity index (χ4v) is 10.5. The molecule has 10 aromatic carbocycles. The summed E-state index contributed by atoms with van der Waals surface area (Å²) in [5.41, 5.74) is 9.81. The van der Waals surface area contributed by atoms with Crippen molar-refractivity contribution in [2.75, 3.05) is 0 Å². The van der Waals surface area contributed by atoms with Crippen LogP contribution in [0.2, 0.25) is 0 Å². The van der Waals surface area contributed by atoms with Crippen molar-refractivity contribution >= 4 is 43.6 Å². The lowest BCUT2D eigenvalue weighted by atomic mass is 9.97. The number of rotatable bonds is 7. The smallest absolute Gasteiger partial charge is 0.309 e. The lowest BCUT2D eigenvalue weighted by Crippen LogP contribution is -2.16. The van der Waals surface area contributed by atoms with Crippen molar-refractivity contribution < 1.29 is 13.2 Å². The molecule has 354 valence electrons. The number of benzene rings is 10. The zero-order valence-electron chi connectivity index (χ0n) is 39.9. The average molecular weight is 982 g/mol. The topological polar surface area (TPSA) is 129 Å². The minimum Gasteiger partial charge on any atom is -0.309 e. The summed E-state index contributed by atoms with van der Waals surface area (Å²) in [6.07, 6.45) is -4.98. The molecule has 12 rings (SSSR count). The summed E-state index contributed by atoms with van der Waals surface area (Å²) in [5, 5.41) is 52.0. The molecule has 0 unspecified atom stereocenters. The summed E-state index contributed by atoms with van der Waals surface area (Å²) in [5.74, 6) is 0. The first-order chi connectivity index (χ1) is 37.0. The zero-order valence-corrected chi connectivity index (χ0v) is 39.9. The van der Waals surface area contributed by atoms with Crippen LogP contribution in [-0.4, -0.2) is 9.13 Å². The van der Waals surface area contributed by atoms with Crippen molar-refractivity contribution in [2.24, 2.45) is 0 Å². The monoisotopic (exact) mass is 981 g/mol. The Labute approximate surface area is 433 Å². The molecule has 0 amide bonds. The van der Waals surface area contributed by atoms with Crippen LogP contribution < -0.4 is 0 Å². The molecule has 0 aliphatic rings. The average Bonchev–Trinajstić information content (AvgIpc) is 4.13. The standard InChI is InChI=1S/C66H34F3N7/c67-66(68,69)65-63(75-59-20-16-50(45-11-1-6-40(24-45)35-70)29-55(59)56-30-51(17-21-60(56)75)46-12-2-7-41(25-46)36-71)33-54(49-15-5-10-44(28-49)39-74)34-64(65)76-61-22-18-52(47-13-3-8-42(26-47)37-72)31-57(61)58-32-53(19-23-62(58)76)48-14-4-9-43(27-48)38-73/h1-34H. The number of alkyl halides is 3. The van der Waals surface area contributed by atoms with E-state index in [1.165, 1.54) is 0 Å². The first kappa shape index (κ1) is 46.1. The molecule has 0 saturated heterocycles. The molecule has 76 heavy (non-hydrogen) atoms. The lowest BCUT2D eigenvalue weighted by Gasteiger charge is -2.23. The number of hydrogen-bond acceptors (Lipinski definition) is 5. The van der Waals surface area contributed by atoms with Crippen molar-refractivity contribution in [1.82, 2.24) is 9.13 Å². The molecule has 0 radical (unpaired) electrons. The first-order valence-corrected chi connectivity index (χ1v) is 24.0. The van der Waals surface area contributed by atoms with Crippen LogP contribution in [0, 0.1) is 56.7 Å². The van der Waals surface area contributed by atoms with Gasteiger partial charge in [-0.05, 0) is 177 Å². The van der Waals surface area contributed by atoms with Gasteiger partial charge in [-0.3, -0.25) is 0 Å². The number of halogens is 3. The fourth-order valence-electron chi connectivity index (χ4n) is 10.5. The van der Waals surface area contributed by atoms with Crippen LogP contribution in [0.3, 0.4) is 0 Å². The number of nitrogens with zero attached hydrogens (tertiary/aromatic N) is 7. The van der Waals surface area contributed by atoms with Crippen molar-refractivity contribution in [2.45, 2.75) is 6.18 Å². The second-order valence-corrected chi connectivity index (χ2v) is 18.4. The Morgan fingerprint density at radius 3 is 0.750 bits per heavy atom. The van der Waals surface area contributed by atoms with E-state index < -0.39 is 11.7 Å². The summed E-state index contributed by atoms with van der Waals surface area (Å²) in [4.78, 5) is 0.